The first-order chi connectivity index (χ1) is 11.7. The van der Waals surface area contributed by atoms with Crippen molar-refractivity contribution < 1.29 is 23.8 Å². The molecule has 4 rings (SSSR count). The molecule has 0 aromatic heterocycles. The molecule has 3 aliphatic heterocycles. The van der Waals surface area contributed by atoms with Gasteiger partial charge in [0.25, 0.3) is 0 Å². The maximum absolute atomic E-state index is 12.7. The van der Waals surface area contributed by atoms with Gasteiger partial charge in [-0.1, -0.05) is 13.8 Å². The minimum atomic E-state index is -0.482. The Hall–Kier alpha value is -2.30. The fourth-order valence-corrected chi connectivity index (χ4v) is 3.72. The maximum Gasteiger partial charge on any atom is 0.314 e. The number of fused-ring (bicyclic) bond motifs is 6. The molecule has 0 radical (unpaired) electrons. The van der Waals surface area contributed by atoms with Crippen LogP contribution in [-0.2, 0) is 4.79 Å². The van der Waals surface area contributed by atoms with E-state index in [0.29, 0.717) is 22.8 Å². The number of ketones is 1. The van der Waals surface area contributed by atoms with Crippen molar-refractivity contribution in [2.45, 2.75) is 58.7 Å². The lowest BCUT2D eigenvalue weighted by Gasteiger charge is -2.38. The van der Waals surface area contributed by atoms with Gasteiger partial charge in [-0.2, -0.15) is 0 Å². The van der Waals surface area contributed by atoms with Crippen molar-refractivity contribution in [3.8, 4) is 17.2 Å². The largest absolute Gasteiger partial charge is 0.489 e. The van der Waals surface area contributed by atoms with E-state index in [4.69, 9.17) is 14.2 Å². The highest BCUT2D eigenvalue weighted by atomic mass is 16.5. The number of rotatable bonds is 0. The van der Waals surface area contributed by atoms with Gasteiger partial charge in [0, 0.05) is 17.9 Å². The predicted octanol–water partition coefficient (Wildman–Crippen LogP) is 3.88. The Morgan fingerprint density at radius 3 is 2.48 bits per heavy atom. The minimum absolute atomic E-state index is 0.0550. The van der Waals surface area contributed by atoms with Crippen LogP contribution in [0.15, 0.2) is 6.08 Å². The number of hydrogen-bond acceptors (Lipinski definition) is 5. The summed E-state index contributed by atoms with van der Waals surface area (Å²) in [6, 6.07) is 0. The molecule has 132 valence electrons. The van der Waals surface area contributed by atoms with Crippen molar-refractivity contribution in [1.29, 1.82) is 0 Å². The average molecular weight is 342 g/mol. The number of ether oxygens (including phenoxy) is 3. The van der Waals surface area contributed by atoms with Crippen LogP contribution in [0.1, 0.15) is 68.4 Å². The molecule has 0 saturated heterocycles. The molecular formula is C20H22O5. The Morgan fingerprint density at radius 2 is 1.76 bits per heavy atom. The Bertz CT molecular complexity index is 833. The fourth-order valence-electron chi connectivity index (χ4n) is 3.72. The molecule has 0 N–H and O–H groups in total. The second-order valence-corrected chi connectivity index (χ2v) is 7.78. The molecule has 3 atom stereocenters. The summed E-state index contributed by atoms with van der Waals surface area (Å²) in [6.07, 6.45) is 3.96. The lowest BCUT2D eigenvalue weighted by atomic mass is 9.80. The molecule has 5 heteroatoms. The molecule has 1 aromatic rings. The van der Waals surface area contributed by atoms with Gasteiger partial charge in [0.2, 0.25) is 0 Å². The van der Waals surface area contributed by atoms with E-state index in [1.165, 1.54) is 0 Å². The molecular weight excluding hydrogens is 320 g/mol. The van der Waals surface area contributed by atoms with Crippen LogP contribution in [0.3, 0.4) is 0 Å². The maximum atomic E-state index is 12.7. The Labute approximate surface area is 146 Å². The SMILES string of the molecule is CC1CC(=O)c2c(c3c(c4c2OC(=O)C(C)C4C)OC(C)(C)C=C3)O1. The van der Waals surface area contributed by atoms with Crippen molar-refractivity contribution in [3.05, 3.63) is 22.8 Å². The monoisotopic (exact) mass is 342 g/mol. The molecule has 0 saturated carbocycles. The minimum Gasteiger partial charge on any atom is -0.489 e. The molecule has 0 amide bonds. The standard InChI is InChI=1S/C20H22O5/c1-9-8-13(21)15-16(23-9)12-6-7-20(4,5)25-17(12)14-10(2)11(3)19(22)24-18(14)15/h6-7,9-11H,8H2,1-5H3. The molecule has 5 nitrogen and oxygen atoms in total. The van der Waals surface area contributed by atoms with Crippen LogP contribution in [0.2, 0.25) is 0 Å². The van der Waals surface area contributed by atoms with Crippen molar-refractivity contribution in [3.63, 3.8) is 0 Å². The van der Waals surface area contributed by atoms with Gasteiger partial charge in [-0.25, -0.2) is 0 Å². The van der Waals surface area contributed by atoms with E-state index in [9.17, 15) is 9.59 Å². The summed E-state index contributed by atoms with van der Waals surface area (Å²) >= 11 is 0. The second kappa shape index (κ2) is 5.10. The third-order valence-electron chi connectivity index (χ3n) is 5.30. The van der Waals surface area contributed by atoms with Crippen LogP contribution in [0.4, 0.5) is 0 Å². The molecule has 3 heterocycles. The molecule has 3 aliphatic rings. The molecule has 25 heavy (non-hydrogen) atoms. The number of hydrogen-bond donors (Lipinski definition) is 0. The number of esters is 1. The van der Waals surface area contributed by atoms with Crippen molar-refractivity contribution in [1.82, 2.24) is 0 Å². The predicted molar refractivity (Wildman–Crippen MR) is 92.4 cm³/mol. The first-order valence-electron chi connectivity index (χ1n) is 8.73. The Balaban J connectivity index is 2.07. The number of carbonyl (C=O) groups excluding carboxylic acids is 2. The zero-order chi connectivity index (χ0) is 18.1. The van der Waals surface area contributed by atoms with Gasteiger partial charge in [-0.3, -0.25) is 9.59 Å². The quantitative estimate of drug-likeness (QED) is 0.529. The van der Waals surface area contributed by atoms with Crippen LogP contribution in [0, 0.1) is 5.92 Å². The second-order valence-electron chi connectivity index (χ2n) is 7.78. The van der Waals surface area contributed by atoms with Crippen molar-refractivity contribution >= 4 is 17.8 Å². The summed E-state index contributed by atoms with van der Waals surface area (Å²) in [5.74, 6) is 0.677. The summed E-state index contributed by atoms with van der Waals surface area (Å²) in [6.45, 7) is 9.61. The topological polar surface area (TPSA) is 61.8 Å². The molecule has 3 unspecified atom stereocenters. The average Bonchev–Trinajstić information content (AvgIpc) is 2.50. The zero-order valence-corrected chi connectivity index (χ0v) is 15.1. The zero-order valence-electron chi connectivity index (χ0n) is 15.1. The summed E-state index contributed by atoms with van der Waals surface area (Å²) in [7, 11) is 0. The fraction of sp³-hybridized carbons (Fsp3) is 0.500. The van der Waals surface area contributed by atoms with Gasteiger partial charge >= 0.3 is 5.97 Å². The summed E-state index contributed by atoms with van der Waals surface area (Å²) in [5.41, 5.74) is 1.46. The van der Waals surface area contributed by atoms with Crippen LogP contribution in [0.5, 0.6) is 17.2 Å². The van der Waals surface area contributed by atoms with Gasteiger partial charge < -0.3 is 14.2 Å². The van der Waals surface area contributed by atoms with E-state index in [1.807, 2.05) is 46.8 Å². The molecule has 0 spiro atoms. The molecule has 0 fully saturated rings. The molecule has 1 aromatic carbocycles. The van der Waals surface area contributed by atoms with E-state index >= 15 is 0 Å². The van der Waals surface area contributed by atoms with Gasteiger partial charge in [-0.15, -0.1) is 0 Å². The van der Waals surface area contributed by atoms with Crippen molar-refractivity contribution in [2.24, 2.45) is 5.92 Å². The smallest absolute Gasteiger partial charge is 0.314 e. The number of Topliss-reactive ketones (excluding diaryl/α,β-unsaturated/α-hetero) is 1. The Morgan fingerprint density at radius 1 is 1.04 bits per heavy atom. The highest BCUT2D eigenvalue weighted by Crippen LogP contribution is 2.55. The first-order valence-corrected chi connectivity index (χ1v) is 8.73. The third kappa shape index (κ3) is 2.29. The normalized spacial score (nSPS) is 28.9. The van der Waals surface area contributed by atoms with E-state index in [2.05, 4.69) is 0 Å². The lowest BCUT2D eigenvalue weighted by Crippen LogP contribution is -2.35. The van der Waals surface area contributed by atoms with Gasteiger partial charge in [0.15, 0.2) is 11.5 Å². The molecule has 0 bridgehead atoms. The van der Waals surface area contributed by atoms with Gasteiger partial charge in [0.1, 0.15) is 28.8 Å². The highest BCUT2D eigenvalue weighted by Gasteiger charge is 2.43. The number of carbonyl (C=O) groups is 2. The van der Waals surface area contributed by atoms with Crippen molar-refractivity contribution in [2.75, 3.05) is 0 Å². The summed E-state index contributed by atoms with van der Waals surface area (Å²) < 4.78 is 17.8. The van der Waals surface area contributed by atoms with Gasteiger partial charge in [-0.05, 0) is 32.9 Å². The van der Waals surface area contributed by atoms with E-state index in [-0.39, 0.29) is 36.1 Å². The Kier molecular flexibility index (Phi) is 3.30. The highest BCUT2D eigenvalue weighted by molar-refractivity contribution is 6.06. The van der Waals surface area contributed by atoms with E-state index in [0.717, 1.165) is 11.1 Å². The summed E-state index contributed by atoms with van der Waals surface area (Å²) in [5, 5.41) is 0. The van der Waals surface area contributed by atoms with Crippen LogP contribution in [0.25, 0.3) is 6.08 Å². The lowest BCUT2D eigenvalue weighted by molar-refractivity contribution is -0.140. The van der Waals surface area contributed by atoms with Crippen LogP contribution < -0.4 is 14.2 Å². The summed E-state index contributed by atoms with van der Waals surface area (Å²) in [4.78, 5) is 25.0. The number of benzene rings is 1. The third-order valence-corrected chi connectivity index (χ3v) is 5.30. The van der Waals surface area contributed by atoms with Crippen LogP contribution in [-0.4, -0.2) is 23.5 Å². The van der Waals surface area contributed by atoms with Crippen LogP contribution >= 0.6 is 0 Å². The first kappa shape index (κ1) is 16.2. The van der Waals surface area contributed by atoms with Gasteiger partial charge in [0.05, 0.1) is 11.5 Å². The van der Waals surface area contributed by atoms with E-state index in [1.54, 1.807) is 0 Å². The molecule has 0 aliphatic carbocycles. The van der Waals surface area contributed by atoms with E-state index < -0.39 is 5.60 Å².